The molecule has 1 aliphatic rings. The van der Waals surface area contributed by atoms with Crippen LogP contribution in [0.2, 0.25) is 0 Å². The van der Waals surface area contributed by atoms with E-state index in [0.717, 1.165) is 25.5 Å². The number of hydrogen-bond acceptors (Lipinski definition) is 8. The lowest BCUT2D eigenvalue weighted by atomic mass is 9.96. The van der Waals surface area contributed by atoms with E-state index < -0.39 is 23.8 Å². The molecule has 0 bridgehead atoms. The summed E-state index contributed by atoms with van der Waals surface area (Å²) in [5, 5.41) is 6.97. The Morgan fingerprint density at radius 2 is 2.03 bits per heavy atom. The van der Waals surface area contributed by atoms with Crippen LogP contribution < -0.4 is 15.8 Å². The van der Waals surface area contributed by atoms with Gasteiger partial charge in [-0.1, -0.05) is 0 Å². The quantitative estimate of drug-likeness (QED) is 0.442. The van der Waals surface area contributed by atoms with Crippen molar-refractivity contribution >= 4 is 34.8 Å². The molecule has 1 N–H and O–H groups in total. The Morgan fingerprint density at radius 1 is 1.30 bits per heavy atom. The average Bonchev–Trinajstić information content (AvgIpc) is 3.21. The lowest BCUT2D eigenvalue weighted by molar-refractivity contribution is 0.00737. The van der Waals surface area contributed by atoms with Crippen LogP contribution in [-0.2, 0) is 9.47 Å². The molecular formula is C24H28F2N6O5. The Balaban J connectivity index is 1.75. The maximum atomic E-state index is 13.2. The first-order chi connectivity index (χ1) is 17.4. The zero-order chi connectivity index (χ0) is 26.9. The molecule has 0 aliphatic heterocycles. The van der Waals surface area contributed by atoms with E-state index in [2.05, 4.69) is 15.4 Å². The number of hydrogen-bond donors (Lipinski definition) is 1. The second kappa shape index (κ2) is 10.2. The van der Waals surface area contributed by atoms with Crippen molar-refractivity contribution in [2.45, 2.75) is 58.3 Å². The zero-order valence-corrected chi connectivity index (χ0v) is 20.9. The fraction of sp³-hybridized carbons (Fsp3) is 0.458. The third-order valence-corrected chi connectivity index (χ3v) is 5.71. The van der Waals surface area contributed by atoms with E-state index in [0.29, 0.717) is 0 Å². The summed E-state index contributed by atoms with van der Waals surface area (Å²) in [6, 6.07) is 4.00. The molecule has 198 valence electrons. The van der Waals surface area contributed by atoms with Gasteiger partial charge in [0.2, 0.25) is 0 Å². The third-order valence-electron chi connectivity index (χ3n) is 5.71. The van der Waals surface area contributed by atoms with Crippen molar-refractivity contribution in [1.82, 2.24) is 19.2 Å². The lowest BCUT2D eigenvalue weighted by Gasteiger charge is -2.25. The first-order valence-electron chi connectivity index (χ1n) is 11.7. The van der Waals surface area contributed by atoms with Crippen molar-refractivity contribution in [1.29, 1.82) is 0 Å². The molecule has 1 amide bonds. The van der Waals surface area contributed by atoms with Gasteiger partial charge in [-0.2, -0.15) is 18.4 Å². The van der Waals surface area contributed by atoms with Gasteiger partial charge in [0.15, 0.2) is 11.4 Å². The van der Waals surface area contributed by atoms with E-state index in [4.69, 9.17) is 9.47 Å². The Bertz CT molecular complexity index is 1380. The van der Waals surface area contributed by atoms with E-state index in [9.17, 15) is 23.2 Å². The summed E-state index contributed by atoms with van der Waals surface area (Å²) in [7, 11) is 1.45. The van der Waals surface area contributed by atoms with Gasteiger partial charge in [-0.25, -0.2) is 9.78 Å². The Hall–Kier alpha value is -3.87. The molecular weight excluding hydrogens is 490 g/mol. The molecule has 1 saturated carbocycles. The maximum Gasteiger partial charge on any atom is 0.415 e. The van der Waals surface area contributed by atoms with E-state index in [1.807, 2.05) is 0 Å². The summed E-state index contributed by atoms with van der Waals surface area (Å²) < 4.78 is 39.0. The SMILES string of the molecule is CN(C(=O)OC(C)(C)C)c1cc(Nc2cccn(C(F)F)c2=O)nc2c(C(=O)COC3CCC3)cnn12. The number of nitrogens with zero attached hydrogens (tertiary/aromatic N) is 5. The lowest BCUT2D eigenvalue weighted by Crippen LogP contribution is -2.35. The predicted molar refractivity (Wildman–Crippen MR) is 131 cm³/mol. The Morgan fingerprint density at radius 3 is 2.65 bits per heavy atom. The fourth-order valence-corrected chi connectivity index (χ4v) is 3.58. The van der Waals surface area contributed by atoms with Gasteiger partial charge >= 0.3 is 12.6 Å². The molecule has 1 fully saturated rings. The molecule has 4 rings (SSSR count). The molecule has 0 saturated heterocycles. The Kier molecular flexibility index (Phi) is 7.25. The smallest absolute Gasteiger partial charge is 0.415 e. The van der Waals surface area contributed by atoms with E-state index in [1.54, 1.807) is 20.8 Å². The number of halogens is 2. The maximum absolute atomic E-state index is 13.2. The molecule has 0 radical (unpaired) electrons. The average molecular weight is 519 g/mol. The summed E-state index contributed by atoms with van der Waals surface area (Å²) in [5.41, 5.74) is -1.71. The highest BCUT2D eigenvalue weighted by Gasteiger charge is 2.26. The number of aromatic nitrogens is 4. The van der Waals surface area contributed by atoms with Crippen LogP contribution in [0.15, 0.2) is 35.4 Å². The van der Waals surface area contributed by atoms with Crippen LogP contribution in [0, 0.1) is 0 Å². The normalized spacial score (nSPS) is 14.0. The second-order valence-electron chi connectivity index (χ2n) is 9.66. The fourth-order valence-electron chi connectivity index (χ4n) is 3.58. The van der Waals surface area contributed by atoms with Crippen LogP contribution in [0.4, 0.5) is 30.9 Å². The zero-order valence-electron chi connectivity index (χ0n) is 20.9. The van der Waals surface area contributed by atoms with Gasteiger partial charge in [0.1, 0.15) is 29.5 Å². The topological polar surface area (TPSA) is 120 Å². The van der Waals surface area contributed by atoms with Crippen molar-refractivity contribution in [2.75, 3.05) is 23.9 Å². The van der Waals surface area contributed by atoms with Crippen LogP contribution in [0.3, 0.4) is 0 Å². The predicted octanol–water partition coefficient (Wildman–Crippen LogP) is 4.15. The first-order valence-corrected chi connectivity index (χ1v) is 11.7. The van der Waals surface area contributed by atoms with E-state index >= 15 is 0 Å². The van der Waals surface area contributed by atoms with Gasteiger partial charge in [0.05, 0.1) is 17.9 Å². The molecule has 3 aromatic heterocycles. The van der Waals surface area contributed by atoms with Gasteiger partial charge in [0.25, 0.3) is 5.56 Å². The van der Waals surface area contributed by atoms with Gasteiger partial charge in [-0.15, -0.1) is 0 Å². The second-order valence-corrected chi connectivity index (χ2v) is 9.66. The number of alkyl halides is 2. The molecule has 3 aromatic rings. The van der Waals surface area contributed by atoms with Crippen molar-refractivity contribution in [3.63, 3.8) is 0 Å². The van der Waals surface area contributed by atoms with E-state index in [1.165, 1.54) is 40.9 Å². The molecule has 13 heteroatoms. The number of ether oxygens (including phenoxy) is 2. The third kappa shape index (κ3) is 5.77. The molecule has 0 atom stereocenters. The van der Waals surface area contributed by atoms with Gasteiger partial charge in [0, 0.05) is 19.3 Å². The standard InChI is InChI=1S/C24H28F2N6O5/c1-24(2,3)37-23(35)30(4)19-11-18(28-16-9-6-10-31(21(16)34)22(25)26)29-20-15(12-27-32(19)20)17(33)13-36-14-7-5-8-14/h6,9-12,14,22H,5,7-8,13H2,1-4H3,(H,28,29). The monoisotopic (exact) mass is 518 g/mol. The number of pyridine rings is 1. The van der Waals surface area contributed by atoms with Crippen LogP contribution in [0.1, 0.15) is 56.9 Å². The number of carbonyl (C=O) groups is 2. The highest BCUT2D eigenvalue weighted by Crippen LogP contribution is 2.26. The Labute approximate surface area is 211 Å². The number of carbonyl (C=O) groups excluding carboxylic acids is 2. The number of rotatable bonds is 8. The van der Waals surface area contributed by atoms with Crippen LogP contribution in [0.5, 0.6) is 0 Å². The van der Waals surface area contributed by atoms with Gasteiger partial charge in [-0.3, -0.25) is 19.1 Å². The van der Waals surface area contributed by atoms with Gasteiger partial charge < -0.3 is 14.8 Å². The summed E-state index contributed by atoms with van der Waals surface area (Å²) >= 11 is 0. The number of anilines is 3. The summed E-state index contributed by atoms with van der Waals surface area (Å²) in [6.45, 7) is 1.94. The number of amides is 1. The van der Waals surface area contributed by atoms with Crippen molar-refractivity contribution < 1.29 is 27.8 Å². The molecule has 11 nitrogen and oxygen atoms in total. The molecule has 0 aromatic carbocycles. The van der Waals surface area contributed by atoms with Crippen molar-refractivity contribution in [3.8, 4) is 0 Å². The summed E-state index contributed by atoms with van der Waals surface area (Å²) in [5.74, 6) is -0.181. The molecule has 0 spiro atoms. The van der Waals surface area contributed by atoms with Crippen molar-refractivity contribution in [3.05, 3.63) is 46.5 Å². The minimum absolute atomic E-state index is 0.0245. The van der Waals surface area contributed by atoms with Crippen molar-refractivity contribution in [2.24, 2.45) is 0 Å². The molecule has 1 aliphatic carbocycles. The largest absolute Gasteiger partial charge is 0.443 e. The number of Topliss-reactive ketones (excluding diaryl/α,β-unsaturated/α-hetero) is 1. The molecule has 0 unspecified atom stereocenters. The molecule has 37 heavy (non-hydrogen) atoms. The highest BCUT2D eigenvalue weighted by atomic mass is 19.3. The minimum Gasteiger partial charge on any atom is -0.443 e. The van der Waals surface area contributed by atoms with Gasteiger partial charge in [-0.05, 0) is 52.2 Å². The highest BCUT2D eigenvalue weighted by molar-refractivity contribution is 6.02. The van der Waals surface area contributed by atoms with Crippen LogP contribution in [-0.4, -0.2) is 56.4 Å². The van der Waals surface area contributed by atoms with Crippen LogP contribution in [0.25, 0.3) is 5.65 Å². The first kappa shape index (κ1) is 26.2. The summed E-state index contributed by atoms with van der Waals surface area (Å²) in [4.78, 5) is 43.8. The minimum atomic E-state index is -3.03. The number of fused-ring (bicyclic) bond motifs is 1. The summed E-state index contributed by atoms with van der Waals surface area (Å²) in [6.07, 6.45) is 4.46. The van der Waals surface area contributed by atoms with E-state index in [-0.39, 0.29) is 51.6 Å². The number of nitrogens with one attached hydrogen (secondary N) is 1. The molecule has 3 heterocycles. The number of ketones is 1. The van der Waals surface area contributed by atoms with Crippen LogP contribution >= 0.6 is 0 Å².